The van der Waals surface area contributed by atoms with Gasteiger partial charge in [-0.2, -0.15) is 0 Å². The summed E-state index contributed by atoms with van der Waals surface area (Å²) in [7, 11) is 0.721. The number of hydrogen-bond donors (Lipinski definition) is 4. The number of carbonyl (C=O) groups is 2. The van der Waals surface area contributed by atoms with E-state index in [1.807, 2.05) is 132 Å². The number of aromatic nitrogens is 1. The van der Waals surface area contributed by atoms with E-state index < -0.39 is 5.24 Å². The van der Waals surface area contributed by atoms with Crippen LogP contribution in [-0.2, 0) is 0 Å². The summed E-state index contributed by atoms with van der Waals surface area (Å²) in [6, 6.07) is 112. The van der Waals surface area contributed by atoms with Gasteiger partial charge >= 0.3 is 7.69 Å². The van der Waals surface area contributed by atoms with Crippen molar-refractivity contribution < 1.29 is 113 Å². The number of hydrogen-bond acceptors (Lipinski definition) is 11. The van der Waals surface area contributed by atoms with Crippen LogP contribution in [0, 0.1) is 93.3 Å². The fourth-order valence-corrected chi connectivity index (χ4v) is 19.3. The van der Waals surface area contributed by atoms with E-state index >= 15 is 0 Å². The zero-order valence-corrected chi connectivity index (χ0v) is 83.0. The number of nitrogen functional groups attached to an aromatic ring is 2. The average molecular weight is 2510 g/mol. The second-order valence-corrected chi connectivity index (χ2v) is 33.5. The Morgan fingerprint density at radius 2 is 0.754 bits per heavy atom. The Labute approximate surface area is 784 Å². The van der Waals surface area contributed by atoms with Gasteiger partial charge in [0.25, 0.3) is 11.1 Å². The van der Waals surface area contributed by atoms with Crippen molar-refractivity contribution in [2.45, 2.75) is 0 Å². The molecule has 0 unspecified atom stereocenters. The molecule has 0 spiro atoms. The SMILES string of the molecule is Brc1ccc(-c2nc3ccccc3c3c2ccc2c4ccccc4sc23)cc1.Nc1ccccc1-c1cccc2c1sc1ccccc12.Nc1ccccc1Br.O=C(Cl)c1ccc(Br)cc1.O=C(Nc1ccccc1-c1cccc2c1sc1ccccc12)c1ccc(Br)cc1.O[B]Oc1cccc2c1sc1ccccc12.[U].[U].[U]. The van der Waals surface area contributed by atoms with E-state index in [4.69, 9.17) is 37.7 Å². The van der Waals surface area contributed by atoms with E-state index in [2.05, 4.69) is 269 Å². The zero-order chi connectivity index (χ0) is 76.5. The second kappa shape index (κ2) is 40.3. The summed E-state index contributed by atoms with van der Waals surface area (Å²) in [5.74, 6) is 0.578. The van der Waals surface area contributed by atoms with Crippen LogP contribution < -0.4 is 21.4 Å². The molecule has 15 aromatic carbocycles. The molecule has 114 heavy (non-hydrogen) atoms. The Kier molecular flexibility index (Phi) is 30.4. The van der Waals surface area contributed by atoms with E-state index in [1.54, 1.807) is 46.9 Å². The molecular weight excluding hydrogens is 2450 g/mol. The van der Waals surface area contributed by atoms with E-state index in [-0.39, 0.29) is 99.2 Å². The van der Waals surface area contributed by atoms with E-state index in [9.17, 15) is 9.59 Å². The molecular formula is C93H61BBr4ClN4O4S4U3. The van der Waals surface area contributed by atoms with Crippen LogP contribution in [-0.4, -0.2) is 28.8 Å². The van der Waals surface area contributed by atoms with Gasteiger partial charge in [-0.05, 0) is 149 Å². The number of nitrogens with two attached hydrogens (primary N) is 2. The largest absolute Gasteiger partial charge is 0.569 e. The second-order valence-electron chi connectivity index (χ2n) is 25.4. The predicted molar refractivity (Wildman–Crippen MR) is 492 cm³/mol. The van der Waals surface area contributed by atoms with Crippen molar-refractivity contribution in [3.05, 3.63) is 363 Å². The monoisotopic (exact) mass is 2500 g/mol. The van der Waals surface area contributed by atoms with Crippen LogP contribution in [0.3, 0.4) is 0 Å². The molecule has 0 aliphatic rings. The fourth-order valence-electron chi connectivity index (χ4n) is 13.3. The van der Waals surface area contributed by atoms with E-state index in [0.29, 0.717) is 16.9 Å². The number of pyridine rings is 1. The zero-order valence-electron chi connectivity index (χ0n) is 60.1. The number of nitrogens with one attached hydrogen (secondary N) is 1. The normalized spacial score (nSPS) is 10.6. The van der Waals surface area contributed by atoms with Gasteiger partial charge in [0.15, 0.2) is 0 Å². The van der Waals surface area contributed by atoms with Crippen molar-refractivity contribution in [3.63, 3.8) is 0 Å². The molecule has 21 heteroatoms. The van der Waals surface area contributed by atoms with E-state index in [0.717, 1.165) is 80.8 Å². The first-order valence-corrected chi connectivity index (χ1v) is 41.8. The van der Waals surface area contributed by atoms with E-state index in [1.165, 1.54) is 97.7 Å². The van der Waals surface area contributed by atoms with Gasteiger partial charge in [-0.15, -0.1) is 45.3 Å². The van der Waals surface area contributed by atoms with Crippen LogP contribution in [0.25, 0.3) is 136 Å². The third kappa shape index (κ3) is 19.5. The van der Waals surface area contributed by atoms with Gasteiger partial charge in [-0.1, -0.05) is 260 Å². The molecule has 0 atom stereocenters. The Bertz CT molecular complexity index is 6820. The number of benzene rings is 15. The molecule has 0 aliphatic heterocycles. The van der Waals surface area contributed by atoms with Crippen molar-refractivity contribution >= 4 is 259 Å². The number of fused-ring (bicyclic) bond motifs is 16. The van der Waals surface area contributed by atoms with Gasteiger partial charge in [0, 0.05) is 259 Å². The molecule has 0 bridgehead atoms. The molecule has 20 rings (SSSR count). The van der Waals surface area contributed by atoms with Crippen LogP contribution in [0.5, 0.6) is 5.75 Å². The maximum atomic E-state index is 12.8. The third-order valence-electron chi connectivity index (χ3n) is 18.5. The number of thiophene rings is 4. The van der Waals surface area contributed by atoms with Crippen LogP contribution in [0.1, 0.15) is 20.7 Å². The first-order valence-electron chi connectivity index (χ1n) is 34.9. The van der Waals surface area contributed by atoms with Crippen molar-refractivity contribution in [2.75, 3.05) is 16.8 Å². The summed E-state index contributed by atoms with van der Waals surface area (Å²) in [5, 5.41) is 25.3. The van der Waals surface area contributed by atoms with Crippen molar-refractivity contribution in [1.29, 1.82) is 0 Å². The molecule has 0 saturated heterocycles. The molecule has 5 heterocycles. The van der Waals surface area contributed by atoms with Gasteiger partial charge in [0.05, 0.1) is 15.9 Å². The number of nitrogens with zero attached hydrogens (tertiary/aromatic N) is 1. The molecule has 8 nitrogen and oxygen atoms in total. The molecule has 1 amide bonds. The summed E-state index contributed by atoms with van der Waals surface area (Å²) in [6.07, 6.45) is 0. The summed E-state index contributed by atoms with van der Waals surface area (Å²) >= 11 is 25.8. The minimum atomic E-state index is -0.424. The van der Waals surface area contributed by atoms with Gasteiger partial charge in [0.1, 0.15) is 5.75 Å². The van der Waals surface area contributed by atoms with Crippen LogP contribution in [0.15, 0.2) is 352 Å². The van der Waals surface area contributed by atoms with Crippen LogP contribution in [0.4, 0.5) is 17.1 Å². The Morgan fingerprint density at radius 1 is 0.368 bits per heavy atom. The minimum absolute atomic E-state index is 0. The standard InChI is InChI=1S/C25H16BrNOS.C25H14BrNS.C18H13NS.C12H8BO2S.C7H4BrClO.C6H6BrN.3U/c26-17-14-12-16(13-15-17)25(28)27-22-10-3-1-6-18(22)20-8-5-9-21-19-7-2-4-11-23(19)29-24(20)21;26-16-11-9-15(10-12-16)24-20-14-13-18-17-5-2-4-8-22(17)28-25(18)23(20)19-6-1-3-7-21(19)27-24;19-16-10-3-1-6-12(16)14-8-5-9-15-13-7-2-4-11-17(13)20-18(14)15;14-13-15-10-6-3-5-9-8-4-1-2-7-11(8)16-12(9)10;8-6-3-1-5(2-4-6)7(9)10;7-5-3-1-2-4-6(5)8;;;/h1-15H,(H,27,28);1-14H;1-11H,19H2;1-7,14H;1-4H;1-4H,8H2;;;. The topological polar surface area (TPSA) is 141 Å². The maximum Gasteiger partial charge on any atom is 0.569 e. The molecule has 20 aromatic rings. The number of rotatable bonds is 8. The predicted octanol–water partition coefficient (Wildman–Crippen LogP) is 29.0. The Hall–Kier alpha value is -7.22. The Morgan fingerprint density at radius 3 is 1.26 bits per heavy atom. The summed E-state index contributed by atoms with van der Waals surface area (Å²) in [5.41, 5.74) is 22.9. The molecule has 5 aromatic heterocycles. The molecule has 6 N–H and O–H groups in total. The van der Waals surface area contributed by atoms with Gasteiger partial charge in [-0.3, -0.25) is 9.59 Å². The molecule has 551 valence electrons. The van der Waals surface area contributed by atoms with Crippen LogP contribution >= 0.6 is 121 Å². The molecule has 1 radical (unpaired) electrons. The van der Waals surface area contributed by atoms with Crippen molar-refractivity contribution in [1.82, 2.24) is 4.98 Å². The minimum Gasteiger partial charge on any atom is -0.536 e. The Balaban J connectivity index is 0.000000132. The molecule has 0 aliphatic carbocycles. The third-order valence-corrected chi connectivity index (χ3v) is 25.9. The fraction of sp³-hybridized carbons (Fsp3) is 0. The van der Waals surface area contributed by atoms with Crippen LogP contribution in [0.2, 0.25) is 0 Å². The first-order chi connectivity index (χ1) is 54.2. The smallest absolute Gasteiger partial charge is 0.536 e. The van der Waals surface area contributed by atoms with Gasteiger partial charge < -0.3 is 26.5 Å². The number of para-hydroxylation sites is 4. The van der Waals surface area contributed by atoms with Gasteiger partial charge in [0.2, 0.25) is 0 Å². The number of anilines is 3. The van der Waals surface area contributed by atoms with Gasteiger partial charge in [-0.25, -0.2) is 4.98 Å². The number of amides is 1. The average Bonchev–Trinajstić information content (AvgIpc) is 1.59. The van der Waals surface area contributed by atoms with Crippen molar-refractivity contribution in [3.8, 4) is 39.3 Å². The maximum absolute atomic E-state index is 12.8. The van der Waals surface area contributed by atoms with Crippen molar-refractivity contribution in [2.24, 2.45) is 0 Å². The summed E-state index contributed by atoms with van der Waals surface area (Å²) in [4.78, 5) is 28.3. The number of carbonyl (C=O) groups excluding carboxylic acids is 2. The summed E-state index contributed by atoms with van der Waals surface area (Å²) in [6.45, 7) is 0. The molecule has 0 saturated carbocycles. The summed E-state index contributed by atoms with van der Waals surface area (Å²) < 4.78 is 19.1. The quantitative estimate of drug-likeness (QED) is 0.0514. The number of halogens is 5. The molecule has 0 fully saturated rings. The first kappa shape index (κ1) is 86.1.